The van der Waals surface area contributed by atoms with Crippen molar-refractivity contribution >= 4 is 17.2 Å². The molecule has 2 aliphatic rings. The number of nitrogens with zero attached hydrogens (tertiary/aromatic N) is 2. The molecule has 0 saturated carbocycles. The van der Waals surface area contributed by atoms with Crippen molar-refractivity contribution in [2.75, 3.05) is 13.1 Å². The predicted molar refractivity (Wildman–Crippen MR) is 116 cm³/mol. The van der Waals surface area contributed by atoms with Gasteiger partial charge in [-0.3, -0.25) is 9.88 Å². The standard InChI is InChI=1S/C24H23ClFN3/c1-15-12-20-13-18(8-11-29(20)14-15)22-21(16-6-9-27-10-7-16)23(28-24(22)25)17-2-4-19(26)5-3-17/h2-7,9-10,13,15,20,28H,8,11-12,14H2,1H3. The summed E-state index contributed by atoms with van der Waals surface area (Å²) in [7, 11) is 0. The Kier molecular flexibility index (Phi) is 4.76. The number of benzene rings is 1. The van der Waals surface area contributed by atoms with E-state index in [2.05, 4.69) is 27.9 Å². The summed E-state index contributed by atoms with van der Waals surface area (Å²) in [4.78, 5) is 10.1. The fourth-order valence-corrected chi connectivity index (χ4v) is 5.11. The molecule has 2 unspecified atom stereocenters. The fraction of sp³-hybridized carbons (Fsp3) is 0.292. The monoisotopic (exact) mass is 407 g/mol. The third kappa shape index (κ3) is 3.41. The maximum atomic E-state index is 13.5. The smallest absolute Gasteiger partial charge is 0.123 e. The van der Waals surface area contributed by atoms with E-state index in [0.717, 1.165) is 46.8 Å². The van der Waals surface area contributed by atoms with Gasteiger partial charge in [0.05, 0.1) is 5.69 Å². The summed E-state index contributed by atoms with van der Waals surface area (Å²) in [6.07, 6.45) is 8.16. The molecule has 2 atom stereocenters. The molecule has 5 rings (SSSR count). The summed E-state index contributed by atoms with van der Waals surface area (Å²) >= 11 is 6.79. The van der Waals surface area contributed by atoms with Gasteiger partial charge in [-0.15, -0.1) is 0 Å². The summed E-state index contributed by atoms with van der Waals surface area (Å²) in [6, 6.07) is 11.0. The second kappa shape index (κ2) is 7.43. The van der Waals surface area contributed by atoms with E-state index in [1.54, 1.807) is 24.5 Å². The Bertz CT molecular complexity index is 1060. The third-order valence-corrected chi connectivity index (χ3v) is 6.38. The number of hydrogen-bond donors (Lipinski definition) is 1. The van der Waals surface area contributed by atoms with E-state index in [4.69, 9.17) is 11.6 Å². The number of nitrogens with one attached hydrogen (secondary N) is 1. The molecular weight excluding hydrogens is 385 g/mol. The summed E-state index contributed by atoms with van der Waals surface area (Å²) in [5.74, 6) is 0.481. The Morgan fingerprint density at radius 1 is 1.07 bits per heavy atom. The molecule has 2 aliphatic heterocycles. The van der Waals surface area contributed by atoms with Gasteiger partial charge in [0.25, 0.3) is 0 Å². The molecule has 1 aromatic carbocycles. The molecule has 0 radical (unpaired) electrons. The van der Waals surface area contributed by atoms with Gasteiger partial charge in [0, 0.05) is 42.7 Å². The topological polar surface area (TPSA) is 31.9 Å². The van der Waals surface area contributed by atoms with E-state index < -0.39 is 0 Å². The van der Waals surface area contributed by atoms with Gasteiger partial charge in [-0.2, -0.15) is 0 Å². The maximum Gasteiger partial charge on any atom is 0.123 e. The zero-order valence-corrected chi connectivity index (χ0v) is 17.1. The summed E-state index contributed by atoms with van der Waals surface area (Å²) in [5.41, 5.74) is 6.31. The van der Waals surface area contributed by atoms with Gasteiger partial charge in [0.15, 0.2) is 0 Å². The fourth-order valence-electron chi connectivity index (χ4n) is 4.80. The Morgan fingerprint density at radius 2 is 1.83 bits per heavy atom. The molecule has 148 valence electrons. The largest absolute Gasteiger partial charge is 0.345 e. The van der Waals surface area contributed by atoms with Crippen LogP contribution >= 0.6 is 11.6 Å². The van der Waals surface area contributed by atoms with E-state index in [9.17, 15) is 4.39 Å². The molecular formula is C24H23ClFN3. The quantitative estimate of drug-likeness (QED) is 0.574. The minimum Gasteiger partial charge on any atom is -0.345 e. The molecule has 29 heavy (non-hydrogen) atoms. The van der Waals surface area contributed by atoms with Crippen molar-refractivity contribution < 1.29 is 4.39 Å². The molecule has 0 spiro atoms. The van der Waals surface area contributed by atoms with E-state index in [1.165, 1.54) is 30.7 Å². The summed E-state index contributed by atoms with van der Waals surface area (Å²) < 4.78 is 13.5. The van der Waals surface area contributed by atoms with Crippen LogP contribution in [0.4, 0.5) is 4.39 Å². The number of hydrogen-bond acceptors (Lipinski definition) is 2. The lowest BCUT2D eigenvalue weighted by atomic mass is 9.90. The number of H-pyrrole nitrogens is 1. The van der Waals surface area contributed by atoms with Crippen molar-refractivity contribution in [3.05, 3.63) is 71.4 Å². The van der Waals surface area contributed by atoms with Crippen molar-refractivity contribution in [3.8, 4) is 22.4 Å². The molecule has 0 aliphatic carbocycles. The second-order valence-corrected chi connectivity index (χ2v) is 8.53. The van der Waals surface area contributed by atoms with E-state index in [0.29, 0.717) is 11.2 Å². The van der Waals surface area contributed by atoms with Crippen LogP contribution in [0.2, 0.25) is 5.15 Å². The first kappa shape index (κ1) is 18.6. The van der Waals surface area contributed by atoms with Gasteiger partial charge in [-0.1, -0.05) is 24.6 Å². The lowest BCUT2D eigenvalue weighted by molar-refractivity contribution is 0.283. The summed E-state index contributed by atoms with van der Waals surface area (Å²) in [6.45, 7) is 4.56. The molecule has 3 nitrogen and oxygen atoms in total. The lowest BCUT2D eigenvalue weighted by Crippen LogP contribution is -2.32. The average molecular weight is 408 g/mol. The van der Waals surface area contributed by atoms with Crippen LogP contribution in [-0.2, 0) is 0 Å². The normalized spacial score (nSPS) is 21.8. The lowest BCUT2D eigenvalue weighted by Gasteiger charge is -2.28. The first-order valence-corrected chi connectivity index (χ1v) is 10.5. The van der Waals surface area contributed by atoms with E-state index in [-0.39, 0.29) is 5.82 Å². The molecule has 1 N–H and O–H groups in total. The Hall–Kier alpha value is -2.43. The van der Waals surface area contributed by atoms with Crippen LogP contribution in [0.15, 0.2) is 54.9 Å². The number of aromatic amines is 1. The van der Waals surface area contributed by atoms with Gasteiger partial charge >= 0.3 is 0 Å². The Labute approximate surface area is 175 Å². The molecule has 5 heteroatoms. The third-order valence-electron chi connectivity index (χ3n) is 6.10. The maximum absolute atomic E-state index is 13.5. The number of rotatable bonds is 3. The Balaban J connectivity index is 1.68. The first-order chi connectivity index (χ1) is 14.1. The molecule has 3 aromatic rings. The molecule has 0 amide bonds. The highest BCUT2D eigenvalue weighted by Gasteiger charge is 2.33. The summed E-state index contributed by atoms with van der Waals surface area (Å²) in [5, 5.41) is 0.641. The van der Waals surface area contributed by atoms with E-state index in [1.807, 2.05) is 12.1 Å². The van der Waals surface area contributed by atoms with Crippen molar-refractivity contribution in [1.82, 2.24) is 14.9 Å². The van der Waals surface area contributed by atoms with Crippen LogP contribution < -0.4 is 0 Å². The van der Waals surface area contributed by atoms with Crippen molar-refractivity contribution in [2.45, 2.75) is 25.8 Å². The average Bonchev–Trinajstić information content (AvgIpc) is 3.27. The van der Waals surface area contributed by atoms with Crippen LogP contribution in [0.5, 0.6) is 0 Å². The minimum absolute atomic E-state index is 0.248. The van der Waals surface area contributed by atoms with Crippen LogP contribution in [-0.4, -0.2) is 34.0 Å². The van der Waals surface area contributed by atoms with Gasteiger partial charge in [0.1, 0.15) is 11.0 Å². The van der Waals surface area contributed by atoms with E-state index >= 15 is 0 Å². The molecule has 2 aromatic heterocycles. The molecule has 4 heterocycles. The molecule has 1 saturated heterocycles. The number of pyridine rings is 1. The Morgan fingerprint density at radius 3 is 2.59 bits per heavy atom. The van der Waals surface area contributed by atoms with Gasteiger partial charge in [-0.05, 0) is 71.9 Å². The molecule has 1 fully saturated rings. The number of aromatic nitrogens is 2. The van der Waals surface area contributed by atoms with Crippen LogP contribution in [0.3, 0.4) is 0 Å². The van der Waals surface area contributed by atoms with Crippen LogP contribution in [0, 0.1) is 11.7 Å². The zero-order chi connectivity index (χ0) is 20.0. The number of halogens is 2. The molecule has 0 bridgehead atoms. The van der Waals surface area contributed by atoms with Crippen LogP contribution in [0.1, 0.15) is 25.3 Å². The number of fused-ring (bicyclic) bond motifs is 1. The predicted octanol–water partition coefficient (Wildman–Crippen LogP) is 6.03. The van der Waals surface area contributed by atoms with Crippen LogP contribution in [0.25, 0.3) is 28.0 Å². The minimum atomic E-state index is -0.248. The SMILES string of the molecule is CC1CC2C=C(c3c(Cl)[nH]c(-c4ccc(F)cc4)c3-c3ccncc3)CCN2C1. The highest BCUT2D eigenvalue weighted by atomic mass is 35.5. The van der Waals surface area contributed by atoms with Crippen molar-refractivity contribution in [1.29, 1.82) is 0 Å². The van der Waals surface area contributed by atoms with Crippen molar-refractivity contribution in [2.24, 2.45) is 5.92 Å². The van der Waals surface area contributed by atoms with Crippen molar-refractivity contribution in [3.63, 3.8) is 0 Å². The van der Waals surface area contributed by atoms with Gasteiger partial charge in [-0.25, -0.2) is 4.39 Å². The highest BCUT2D eigenvalue weighted by molar-refractivity contribution is 6.32. The zero-order valence-electron chi connectivity index (χ0n) is 16.3. The van der Waals surface area contributed by atoms with Gasteiger partial charge < -0.3 is 4.98 Å². The second-order valence-electron chi connectivity index (χ2n) is 8.15. The first-order valence-electron chi connectivity index (χ1n) is 10.1. The highest BCUT2D eigenvalue weighted by Crippen LogP contribution is 2.44. The van der Waals surface area contributed by atoms with Gasteiger partial charge in [0.2, 0.25) is 0 Å².